The Bertz CT molecular complexity index is 1380. The number of benzene rings is 3. The van der Waals surface area contributed by atoms with Gasteiger partial charge < -0.3 is 24.2 Å². The molecule has 1 saturated heterocycles. The Morgan fingerprint density at radius 2 is 1.51 bits per heavy atom. The standard InChI is InChI=1S/C31H33N3O5/c1-37-26-12-8-24(9-13-26)30-28(20-35)29(32-34(30)25-10-14-27(38-2)15-11-25)23-16-18-33(19-17-23)31(36)39-21-22-6-4-3-5-7-22/h3-15,23,35H,16-21H2,1-2H3. The smallest absolute Gasteiger partial charge is 0.410 e. The fourth-order valence-electron chi connectivity index (χ4n) is 5.05. The van der Waals surface area contributed by atoms with E-state index in [2.05, 4.69) is 0 Å². The number of likely N-dealkylation sites (tertiary alicyclic amines) is 1. The minimum Gasteiger partial charge on any atom is -0.497 e. The second-order valence-corrected chi connectivity index (χ2v) is 9.51. The molecule has 0 bridgehead atoms. The van der Waals surface area contributed by atoms with Crippen molar-refractivity contribution < 1.29 is 24.1 Å². The Morgan fingerprint density at radius 3 is 2.10 bits per heavy atom. The average Bonchev–Trinajstić information content (AvgIpc) is 3.40. The Kier molecular flexibility index (Phi) is 8.13. The minimum absolute atomic E-state index is 0.0989. The highest BCUT2D eigenvalue weighted by molar-refractivity contribution is 5.69. The summed E-state index contributed by atoms with van der Waals surface area (Å²) in [5.41, 5.74) is 5.24. The second kappa shape index (κ2) is 12.0. The summed E-state index contributed by atoms with van der Waals surface area (Å²) < 4.78 is 18.1. The van der Waals surface area contributed by atoms with E-state index >= 15 is 0 Å². The first-order chi connectivity index (χ1) is 19.1. The van der Waals surface area contributed by atoms with Crippen LogP contribution in [-0.4, -0.2) is 53.2 Å². The average molecular weight is 528 g/mol. The van der Waals surface area contributed by atoms with Crippen molar-refractivity contribution in [1.82, 2.24) is 14.7 Å². The molecule has 4 aromatic rings. The van der Waals surface area contributed by atoms with Gasteiger partial charge in [-0.25, -0.2) is 9.48 Å². The lowest BCUT2D eigenvalue weighted by atomic mass is 9.90. The number of methoxy groups -OCH3 is 2. The van der Waals surface area contributed by atoms with Gasteiger partial charge in [0.1, 0.15) is 18.1 Å². The van der Waals surface area contributed by atoms with E-state index < -0.39 is 0 Å². The summed E-state index contributed by atoms with van der Waals surface area (Å²) in [4.78, 5) is 14.4. The molecule has 8 nitrogen and oxygen atoms in total. The SMILES string of the molecule is COc1ccc(-c2c(CO)c(C3CCN(C(=O)OCc4ccccc4)CC3)nn2-c2ccc(OC)cc2)cc1. The first-order valence-electron chi connectivity index (χ1n) is 13.1. The number of ether oxygens (including phenoxy) is 3. The molecular weight excluding hydrogens is 494 g/mol. The number of carbonyl (C=O) groups excluding carboxylic acids is 1. The Morgan fingerprint density at radius 1 is 0.897 bits per heavy atom. The van der Waals surface area contributed by atoms with Crippen molar-refractivity contribution in [3.8, 4) is 28.4 Å². The molecule has 0 spiro atoms. The van der Waals surface area contributed by atoms with E-state index in [4.69, 9.17) is 19.3 Å². The maximum absolute atomic E-state index is 12.7. The summed E-state index contributed by atoms with van der Waals surface area (Å²) in [6, 6.07) is 25.1. The van der Waals surface area contributed by atoms with Gasteiger partial charge in [-0.05, 0) is 66.9 Å². The Hall–Kier alpha value is -4.30. The van der Waals surface area contributed by atoms with E-state index in [9.17, 15) is 9.90 Å². The quantitative estimate of drug-likeness (QED) is 0.323. The summed E-state index contributed by atoms with van der Waals surface area (Å²) in [6.07, 6.45) is 1.16. The molecule has 202 valence electrons. The van der Waals surface area contributed by atoms with Gasteiger partial charge in [0, 0.05) is 30.1 Å². The number of nitrogens with zero attached hydrogens (tertiary/aromatic N) is 3. The van der Waals surface area contributed by atoms with Crippen LogP contribution in [-0.2, 0) is 18.0 Å². The van der Waals surface area contributed by atoms with Crippen LogP contribution in [0.2, 0.25) is 0 Å². The highest BCUT2D eigenvalue weighted by atomic mass is 16.6. The second-order valence-electron chi connectivity index (χ2n) is 9.51. The summed E-state index contributed by atoms with van der Waals surface area (Å²) in [7, 11) is 3.27. The van der Waals surface area contributed by atoms with E-state index in [1.807, 2.05) is 83.5 Å². The van der Waals surface area contributed by atoms with Gasteiger partial charge in [0.15, 0.2) is 0 Å². The van der Waals surface area contributed by atoms with Crippen LogP contribution < -0.4 is 9.47 Å². The van der Waals surface area contributed by atoms with Crippen LogP contribution in [0.15, 0.2) is 78.9 Å². The van der Waals surface area contributed by atoms with E-state index in [1.165, 1.54) is 0 Å². The van der Waals surface area contributed by atoms with Gasteiger partial charge in [-0.1, -0.05) is 30.3 Å². The van der Waals surface area contributed by atoms with Gasteiger partial charge in [0.2, 0.25) is 0 Å². The number of amides is 1. The zero-order chi connectivity index (χ0) is 27.2. The molecule has 1 fully saturated rings. The Balaban J connectivity index is 1.39. The molecule has 0 unspecified atom stereocenters. The molecule has 5 rings (SSSR count). The fourth-order valence-corrected chi connectivity index (χ4v) is 5.05. The number of hydrogen-bond donors (Lipinski definition) is 1. The van der Waals surface area contributed by atoms with Crippen LogP contribution in [0.5, 0.6) is 11.5 Å². The van der Waals surface area contributed by atoms with Crippen LogP contribution in [0, 0.1) is 0 Å². The maximum atomic E-state index is 12.7. The summed E-state index contributed by atoms with van der Waals surface area (Å²) in [6.45, 7) is 1.24. The molecule has 0 aliphatic carbocycles. The largest absolute Gasteiger partial charge is 0.497 e. The first kappa shape index (κ1) is 26.3. The predicted octanol–water partition coefficient (Wildman–Crippen LogP) is 5.57. The number of rotatable bonds is 8. The van der Waals surface area contributed by atoms with Crippen LogP contribution in [0.4, 0.5) is 4.79 Å². The third-order valence-corrected chi connectivity index (χ3v) is 7.20. The summed E-state index contributed by atoms with van der Waals surface area (Å²) in [5.74, 6) is 1.61. The van der Waals surface area contributed by atoms with E-state index in [-0.39, 0.29) is 25.2 Å². The zero-order valence-corrected chi connectivity index (χ0v) is 22.2. The highest BCUT2D eigenvalue weighted by Gasteiger charge is 2.30. The lowest BCUT2D eigenvalue weighted by Gasteiger charge is -2.31. The van der Waals surface area contributed by atoms with E-state index in [0.29, 0.717) is 13.1 Å². The maximum Gasteiger partial charge on any atom is 0.410 e. The molecule has 0 radical (unpaired) electrons. The minimum atomic E-state index is -0.303. The predicted molar refractivity (Wildman–Crippen MR) is 148 cm³/mol. The highest BCUT2D eigenvalue weighted by Crippen LogP contribution is 2.37. The molecular formula is C31H33N3O5. The van der Waals surface area contributed by atoms with Crippen molar-refractivity contribution >= 4 is 6.09 Å². The van der Waals surface area contributed by atoms with Crippen molar-refractivity contribution in [2.45, 2.75) is 32.0 Å². The monoisotopic (exact) mass is 527 g/mol. The lowest BCUT2D eigenvalue weighted by molar-refractivity contribution is 0.0867. The summed E-state index contributed by atoms with van der Waals surface area (Å²) >= 11 is 0. The zero-order valence-electron chi connectivity index (χ0n) is 22.2. The van der Waals surface area contributed by atoms with Gasteiger partial charge in [0.25, 0.3) is 0 Å². The van der Waals surface area contributed by atoms with Crippen molar-refractivity contribution in [1.29, 1.82) is 0 Å². The van der Waals surface area contributed by atoms with Gasteiger partial charge in [-0.2, -0.15) is 5.10 Å². The van der Waals surface area contributed by atoms with Gasteiger partial charge in [-0.3, -0.25) is 0 Å². The summed E-state index contributed by atoms with van der Waals surface area (Å²) in [5, 5.41) is 15.6. The van der Waals surface area contributed by atoms with Gasteiger partial charge in [-0.15, -0.1) is 0 Å². The molecule has 8 heteroatoms. The number of aromatic nitrogens is 2. The van der Waals surface area contributed by atoms with Crippen LogP contribution in [0.3, 0.4) is 0 Å². The van der Waals surface area contributed by atoms with Gasteiger partial charge in [0.05, 0.1) is 37.9 Å². The number of hydrogen-bond acceptors (Lipinski definition) is 6. The van der Waals surface area contributed by atoms with Crippen molar-refractivity contribution in [3.63, 3.8) is 0 Å². The fraction of sp³-hybridized carbons (Fsp3) is 0.290. The molecule has 2 heterocycles. The van der Waals surface area contributed by atoms with E-state index in [1.54, 1.807) is 19.1 Å². The molecule has 3 aromatic carbocycles. The van der Waals surface area contributed by atoms with Crippen molar-refractivity contribution in [3.05, 3.63) is 95.7 Å². The molecule has 1 aliphatic heterocycles. The third kappa shape index (κ3) is 5.76. The normalized spacial score (nSPS) is 13.8. The molecule has 1 amide bonds. The molecule has 1 N–H and O–H groups in total. The number of carbonyl (C=O) groups is 1. The van der Waals surface area contributed by atoms with E-state index in [0.717, 1.165) is 58.1 Å². The lowest BCUT2D eigenvalue weighted by Crippen LogP contribution is -2.38. The Labute approximate surface area is 228 Å². The number of piperidine rings is 1. The van der Waals surface area contributed by atoms with Crippen LogP contribution in [0.1, 0.15) is 35.6 Å². The van der Waals surface area contributed by atoms with Crippen molar-refractivity contribution in [2.24, 2.45) is 0 Å². The molecule has 0 atom stereocenters. The molecule has 39 heavy (non-hydrogen) atoms. The topological polar surface area (TPSA) is 86.0 Å². The van der Waals surface area contributed by atoms with Gasteiger partial charge >= 0.3 is 6.09 Å². The van der Waals surface area contributed by atoms with Crippen LogP contribution >= 0.6 is 0 Å². The number of aliphatic hydroxyl groups is 1. The number of aliphatic hydroxyl groups excluding tert-OH is 1. The first-order valence-corrected chi connectivity index (χ1v) is 13.1. The molecule has 1 aliphatic rings. The molecule has 1 aromatic heterocycles. The van der Waals surface area contributed by atoms with Crippen molar-refractivity contribution in [2.75, 3.05) is 27.3 Å². The molecule has 0 saturated carbocycles. The van der Waals surface area contributed by atoms with Crippen LogP contribution in [0.25, 0.3) is 16.9 Å². The third-order valence-electron chi connectivity index (χ3n) is 7.20.